The van der Waals surface area contributed by atoms with E-state index in [2.05, 4.69) is 122 Å². The quantitative estimate of drug-likeness (QED) is 0.145. The molecule has 0 radical (unpaired) electrons. The predicted octanol–water partition coefficient (Wildman–Crippen LogP) is 8.52. The molecule has 0 aliphatic carbocycles. The van der Waals surface area contributed by atoms with Crippen LogP contribution in [0.2, 0.25) is 10.0 Å². The molecule has 0 nitrogen and oxygen atoms in total. The van der Waals surface area contributed by atoms with Crippen LogP contribution >= 0.6 is 46.4 Å². The van der Waals surface area contributed by atoms with Gasteiger partial charge in [-0.25, -0.2) is 23.2 Å². The maximum atomic E-state index is 6.61. The minimum Gasteiger partial charge on any atom is -0.200 e. The molecule has 200 valence electrons. The first-order valence-corrected chi connectivity index (χ1v) is 17.3. The summed E-state index contributed by atoms with van der Waals surface area (Å²) in [5.74, 6) is 0.354. The molecular weight excluding hydrogens is 589 g/mol. The highest BCUT2D eigenvalue weighted by Gasteiger charge is 2.37. The van der Waals surface area contributed by atoms with Gasteiger partial charge in [0.15, 0.2) is 0 Å². The van der Waals surface area contributed by atoms with Crippen molar-refractivity contribution in [2.45, 2.75) is 0 Å². The van der Waals surface area contributed by atoms with E-state index in [1.54, 1.807) is 0 Å². The van der Waals surface area contributed by atoms with Crippen molar-refractivity contribution < 1.29 is 0 Å². The lowest BCUT2D eigenvalue weighted by molar-refractivity contribution is 1.73. The summed E-state index contributed by atoms with van der Waals surface area (Å²) >= 11 is 16.9. The van der Waals surface area contributed by atoms with Gasteiger partial charge >= 0.3 is 0 Å². The molecule has 0 aromatic heterocycles. The van der Waals surface area contributed by atoms with E-state index < -0.39 is 0 Å². The van der Waals surface area contributed by atoms with Crippen LogP contribution in [0.5, 0.6) is 0 Å². The van der Waals surface area contributed by atoms with Gasteiger partial charge in [-0.15, -0.1) is 0 Å². The van der Waals surface area contributed by atoms with Crippen LogP contribution in [-0.4, -0.2) is 24.5 Å². The van der Waals surface area contributed by atoms with E-state index in [-0.39, 0.29) is 12.0 Å². The van der Waals surface area contributed by atoms with Crippen LogP contribution in [0.4, 0.5) is 0 Å². The second-order valence-corrected chi connectivity index (χ2v) is 13.7. The highest BCUT2D eigenvalue weighted by molar-refractivity contribution is 8.29. The van der Waals surface area contributed by atoms with E-state index in [0.29, 0.717) is 10.0 Å². The molecule has 0 saturated carbocycles. The fourth-order valence-corrected chi connectivity index (χ4v) is 9.21. The minimum absolute atomic E-state index is 0.168. The fourth-order valence-electron chi connectivity index (χ4n) is 7.03. The lowest BCUT2D eigenvalue weighted by Gasteiger charge is -2.31. The molecule has 0 N–H and O–H groups in total. The SMILES string of the molecule is CSB1c2cc(Cl)c(Cl)cc2B(SC)c2cc3c(-c4c5ccccc5cc5ccccc45)c4ccccc4cc3cc21. The average Bonchev–Trinajstić information content (AvgIpc) is 3.01. The minimum atomic E-state index is 0.168. The van der Waals surface area contributed by atoms with Gasteiger partial charge in [-0.05, 0) is 91.0 Å². The molecule has 0 spiro atoms. The van der Waals surface area contributed by atoms with E-state index in [1.807, 2.05) is 23.2 Å². The first-order chi connectivity index (χ1) is 20.6. The van der Waals surface area contributed by atoms with Crippen LogP contribution in [0.1, 0.15) is 0 Å². The molecule has 7 aromatic carbocycles. The van der Waals surface area contributed by atoms with Gasteiger partial charge in [-0.2, -0.15) is 0 Å². The van der Waals surface area contributed by atoms with Crippen LogP contribution in [0.25, 0.3) is 54.2 Å². The Kier molecular flexibility index (Phi) is 6.53. The second kappa shape index (κ2) is 10.3. The third-order valence-electron chi connectivity index (χ3n) is 8.81. The second-order valence-electron chi connectivity index (χ2n) is 11.0. The normalized spacial score (nSPS) is 12.9. The van der Waals surface area contributed by atoms with Crippen molar-refractivity contribution in [1.82, 2.24) is 0 Å². The van der Waals surface area contributed by atoms with E-state index in [4.69, 9.17) is 23.2 Å². The van der Waals surface area contributed by atoms with Crippen molar-refractivity contribution in [3.8, 4) is 11.1 Å². The Hall–Kier alpha value is -3.01. The van der Waals surface area contributed by atoms with Gasteiger partial charge in [0.1, 0.15) is 0 Å². The van der Waals surface area contributed by atoms with Crippen molar-refractivity contribution in [3.05, 3.63) is 119 Å². The molecular formula is C36H24B2Cl2S2. The topological polar surface area (TPSA) is 0 Å². The van der Waals surface area contributed by atoms with Gasteiger partial charge in [0, 0.05) is 0 Å². The lowest BCUT2D eigenvalue weighted by Crippen LogP contribution is -2.66. The summed E-state index contributed by atoms with van der Waals surface area (Å²) in [7, 11) is 0. The first kappa shape index (κ1) is 26.6. The third-order valence-corrected chi connectivity index (χ3v) is 11.5. The molecule has 0 fully saturated rings. The molecule has 1 heterocycles. The highest BCUT2D eigenvalue weighted by atomic mass is 35.5. The van der Waals surface area contributed by atoms with Crippen molar-refractivity contribution >= 4 is 123 Å². The van der Waals surface area contributed by atoms with Crippen LogP contribution in [-0.2, 0) is 0 Å². The van der Waals surface area contributed by atoms with Crippen LogP contribution in [0.3, 0.4) is 0 Å². The smallest absolute Gasteiger partial charge is 0.200 e. The molecule has 0 unspecified atom stereocenters. The van der Waals surface area contributed by atoms with Gasteiger partial charge in [-0.3, -0.25) is 0 Å². The van der Waals surface area contributed by atoms with Crippen LogP contribution in [0.15, 0.2) is 109 Å². The van der Waals surface area contributed by atoms with Crippen molar-refractivity contribution in [3.63, 3.8) is 0 Å². The van der Waals surface area contributed by atoms with E-state index in [9.17, 15) is 0 Å². The third kappa shape index (κ3) is 3.96. The van der Waals surface area contributed by atoms with Gasteiger partial charge < -0.3 is 0 Å². The summed E-state index contributed by atoms with van der Waals surface area (Å²) in [6.45, 7) is 0. The van der Waals surface area contributed by atoms with Crippen molar-refractivity contribution in [1.29, 1.82) is 0 Å². The molecule has 1 aliphatic rings. The molecule has 0 amide bonds. The highest BCUT2D eigenvalue weighted by Crippen LogP contribution is 2.43. The van der Waals surface area contributed by atoms with E-state index in [1.165, 1.54) is 76.1 Å². The maximum Gasteiger partial charge on any atom is 0.273 e. The summed E-state index contributed by atoms with van der Waals surface area (Å²) in [4.78, 5) is 0. The standard InChI is InChI=1S/C36H24B2Cl2S2/c1-41-37-29-17-24-16-23-11-5-8-14-27(23)36(35-25-12-6-3-9-21(25)15-22-10-4-7-13-26(22)35)28(24)18-30(29)38(42-2)32-20-34(40)33(39)19-31(32)37/h3-20H,1-2H3. The Bertz CT molecular complexity index is 2180. The molecule has 0 atom stereocenters. The number of fused-ring (bicyclic) bond motifs is 6. The molecule has 6 heteroatoms. The number of hydrogen-bond donors (Lipinski definition) is 0. The Morgan fingerprint density at radius 1 is 0.429 bits per heavy atom. The Morgan fingerprint density at radius 3 is 1.29 bits per heavy atom. The molecule has 8 rings (SSSR count). The largest absolute Gasteiger partial charge is 0.273 e. The summed E-state index contributed by atoms with van der Waals surface area (Å²) < 4.78 is 0. The van der Waals surface area contributed by atoms with Gasteiger partial charge in [0.25, 0.3) is 12.0 Å². The summed E-state index contributed by atoms with van der Waals surface area (Å²) in [5, 5.41) is 11.4. The Labute approximate surface area is 264 Å². The molecule has 0 bridgehead atoms. The average molecular weight is 613 g/mol. The van der Waals surface area contributed by atoms with Gasteiger partial charge in [-0.1, -0.05) is 130 Å². The monoisotopic (exact) mass is 612 g/mol. The fraction of sp³-hybridized carbons (Fsp3) is 0.0556. The van der Waals surface area contributed by atoms with E-state index >= 15 is 0 Å². The Balaban J connectivity index is 1.55. The lowest BCUT2D eigenvalue weighted by atomic mass is 9.41. The predicted molar refractivity (Wildman–Crippen MR) is 195 cm³/mol. The number of rotatable bonds is 3. The summed E-state index contributed by atoms with van der Waals surface area (Å²) in [6.07, 6.45) is 4.39. The van der Waals surface area contributed by atoms with Crippen molar-refractivity contribution in [2.24, 2.45) is 0 Å². The zero-order chi connectivity index (χ0) is 28.5. The van der Waals surface area contributed by atoms with E-state index in [0.717, 1.165) is 0 Å². The maximum absolute atomic E-state index is 6.61. The van der Waals surface area contributed by atoms with Gasteiger partial charge in [0.2, 0.25) is 0 Å². The van der Waals surface area contributed by atoms with Crippen LogP contribution in [0, 0.1) is 0 Å². The molecule has 0 saturated heterocycles. The van der Waals surface area contributed by atoms with Gasteiger partial charge in [0.05, 0.1) is 10.0 Å². The summed E-state index contributed by atoms with van der Waals surface area (Å²) in [6, 6.07) is 40.3. The first-order valence-electron chi connectivity index (χ1n) is 14.0. The zero-order valence-corrected chi connectivity index (χ0v) is 26.3. The van der Waals surface area contributed by atoms with Crippen LogP contribution < -0.4 is 21.9 Å². The Morgan fingerprint density at radius 2 is 0.810 bits per heavy atom. The summed E-state index contributed by atoms with van der Waals surface area (Å²) in [5.41, 5.74) is 7.87. The number of halogens is 2. The number of benzene rings is 7. The molecule has 1 aliphatic heterocycles. The molecule has 7 aromatic rings. The number of hydrogen-bond acceptors (Lipinski definition) is 2. The molecule has 42 heavy (non-hydrogen) atoms. The van der Waals surface area contributed by atoms with Crippen molar-refractivity contribution in [2.75, 3.05) is 12.5 Å². The zero-order valence-electron chi connectivity index (χ0n) is 23.1.